The van der Waals surface area contributed by atoms with Gasteiger partial charge in [0.15, 0.2) is 0 Å². The Kier molecular flexibility index (Phi) is 7.29. The van der Waals surface area contributed by atoms with Crippen molar-refractivity contribution in [3.63, 3.8) is 0 Å². The maximum absolute atomic E-state index is 12.4. The van der Waals surface area contributed by atoms with E-state index in [1.165, 1.54) is 18.2 Å². The van der Waals surface area contributed by atoms with Gasteiger partial charge in [-0.15, -0.1) is 5.92 Å². The molecule has 0 bridgehead atoms. The van der Waals surface area contributed by atoms with Crippen molar-refractivity contribution in [1.29, 1.82) is 0 Å². The molecule has 3 rings (SSSR count). The first-order chi connectivity index (χ1) is 15.8. The van der Waals surface area contributed by atoms with E-state index in [2.05, 4.69) is 33.1 Å². The molecule has 5 N–H and O–H groups in total. The third-order valence-electron chi connectivity index (χ3n) is 4.36. The molecule has 8 nitrogen and oxygen atoms in total. The monoisotopic (exact) mass is 442 g/mol. The van der Waals surface area contributed by atoms with Crippen LogP contribution in [0.15, 0.2) is 66.7 Å². The number of carbonyl (C=O) groups excluding carboxylic acids is 2. The summed E-state index contributed by atoms with van der Waals surface area (Å²) < 4.78 is 0. The van der Waals surface area contributed by atoms with Crippen LogP contribution in [0, 0.1) is 18.8 Å². The summed E-state index contributed by atoms with van der Waals surface area (Å²) in [5.74, 6) is 4.49. The van der Waals surface area contributed by atoms with Crippen LogP contribution < -0.4 is 21.3 Å². The molecule has 4 amide bonds. The molecule has 166 valence electrons. The highest BCUT2D eigenvalue weighted by atomic mass is 16.4. The van der Waals surface area contributed by atoms with Crippen molar-refractivity contribution in [2.75, 3.05) is 21.3 Å². The van der Waals surface area contributed by atoms with Gasteiger partial charge in [-0.1, -0.05) is 24.1 Å². The minimum absolute atomic E-state index is 0.0983. The van der Waals surface area contributed by atoms with E-state index in [1.54, 1.807) is 43.3 Å². The van der Waals surface area contributed by atoms with E-state index in [1.807, 2.05) is 19.1 Å². The Morgan fingerprint density at radius 3 is 1.82 bits per heavy atom. The van der Waals surface area contributed by atoms with Gasteiger partial charge in [0.1, 0.15) is 0 Å². The molecule has 3 aromatic rings. The maximum Gasteiger partial charge on any atom is 0.335 e. The van der Waals surface area contributed by atoms with Crippen molar-refractivity contribution in [3.8, 4) is 11.8 Å². The average molecular weight is 442 g/mol. The molecule has 0 aromatic heterocycles. The summed E-state index contributed by atoms with van der Waals surface area (Å²) in [6, 6.07) is 17.2. The van der Waals surface area contributed by atoms with Gasteiger partial charge in [-0.3, -0.25) is 0 Å². The molecule has 0 spiro atoms. The molecule has 3 aromatic carbocycles. The quantitative estimate of drug-likeness (QED) is 0.342. The summed E-state index contributed by atoms with van der Waals surface area (Å²) in [5.41, 5.74) is 3.14. The van der Waals surface area contributed by atoms with Gasteiger partial charge < -0.3 is 26.4 Å². The number of aryl methyl sites for hydroxylation is 1. The molecule has 0 unspecified atom stereocenters. The Balaban J connectivity index is 1.73. The van der Waals surface area contributed by atoms with Crippen LogP contribution in [0.4, 0.5) is 32.3 Å². The Labute approximate surface area is 191 Å². The average Bonchev–Trinajstić information content (AvgIpc) is 2.73. The first kappa shape index (κ1) is 22.9. The molecule has 0 atom stereocenters. The molecular weight excluding hydrogens is 420 g/mol. The van der Waals surface area contributed by atoms with Crippen LogP contribution in [0.1, 0.15) is 28.4 Å². The smallest absolute Gasteiger partial charge is 0.335 e. The first-order valence-electron chi connectivity index (χ1n) is 9.96. The Hall–Kier alpha value is -4.77. The fourth-order valence-corrected chi connectivity index (χ4v) is 3.02. The highest BCUT2D eigenvalue weighted by Gasteiger charge is 2.12. The number of carboxylic acids is 1. The topological polar surface area (TPSA) is 120 Å². The number of benzene rings is 3. The van der Waals surface area contributed by atoms with Gasteiger partial charge in [-0.05, 0) is 67.9 Å². The lowest BCUT2D eigenvalue weighted by molar-refractivity contribution is 0.0697. The first-order valence-corrected chi connectivity index (χ1v) is 9.96. The lowest BCUT2D eigenvalue weighted by Gasteiger charge is -2.12. The zero-order chi connectivity index (χ0) is 23.8. The number of hydrogen-bond acceptors (Lipinski definition) is 3. The number of rotatable bonds is 5. The number of aromatic carboxylic acids is 1. The summed E-state index contributed by atoms with van der Waals surface area (Å²) in [7, 11) is 0. The van der Waals surface area contributed by atoms with Crippen molar-refractivity contribution >= 4 is 40.8 Å². The van der Waals surface area contributed by atoms with Gasteiger partial charge in [0.05, 0.1) is 5.56 Å². The van der Waals surface area contributed by atoms with Crippen LogP contribution in [0.2, 0.25) is 0 Å². The molecule has 0 aliphatic rings. The van der Waals surface area contributed by atoms with Crippen LogP contribution in [-0.2, 0) is 0 Å². The largest absolute Gasteiger partial charge is 0.478 e. The molecule has 8 heteroatoms. The predicted molar refractivity (Wildman–Crippen MR) is 129 cm³/mol. The van der Waals surface area contributed by atoms with E-state index in [0.717, 1.165) is 11.1 Å². The van der Waals surface area contributed by atoms with Crippen molar-refractivity contribution in [2.45, 2.75) is 13.8 Å². The normalized spacial score (nSPS) is 9.76. The van der Waals surface area contributed by atoms with Gasteiger partial charge in [-0.2, -0.15) is 0 Å². The van der Waals surface area contributed by atoms with Gasteiger partial charge in [0, 0.05) is 28.3 Å². The fourth-order valence-electron chi connectivity index (χ4n) is 3.02. The van der Waals surface area contributed by atoms with Crippen molar-refractivity contribution < 1.29 is 19.5 Å². The predicted octanol–water partition coefficient (Wildman–Crippen LogP) is 5.35. The van der Waals surface area contributed by atoms with Crippen molar-refractivity contribution in [3.05, 3.63) is 83.4 Å². The van der Waals surface area contributed by atoms with E-state index in [-0.39, 0.29) is 16.9 Å². The standard InChI is InChI=1S/C25H22N4O4/c1-3-6-17-8-5-10-20(12-17)27-25(33)29-22-14-18(23(30)31)13-21(15-22)28-24(32)26-19-9-4-7-16(2)11-19/h4-5,7-15H,1-2H3,(H,30,31)(H2,26,28,32)(H2,27,29,33). The lowest BCUT2D eigenvalue weighted by Crippen LogP contribution is -2.21. The molecule has 0 fully saturated rings. The number of urea groups is 2. The maximum atomic E-state index is 12.4. The van der Waals surface area contributed by atoms with Gasteiger partial charge in [-0.25, -0.2) is 14.4 Å². The molecule has 0 heterocycles. The van der Waals surface area contributed by atoms with E-state index in [4.69, 9.17) is 0 Å². The molecule has 0 saturated heterocycles. The molecule has 0 aliphatic carbocycles. The summed E-state index contributed by atoms with van der Waals surface area (Å²) in [5, 5.41) is 19.9. The third-order valence-corrected chi connectivity index (χ3v) is 4.36. The molecule has 0 saturated carbocycles. The summed E-state index contributed by atoms with van der Waals surface area (Å²) in [6.45, 7) is 3.62. The van der Waals surface area contributed by atoms with Crippen LogP contribution in [0.3, 0.4) is 0 Å². The summed E-state index contributed by atoms with van der Waals surface area (Å²) in [6.07, 6.45) is 0. The number of carbonyl (C=O) groups is 3. The van der Waals surface area contributed by atoms with Crippen LogP contribution in [-0.4, -0.2) is 23.1 Å². The summed E-state index contributed by atoms with van der Waals surface area (Å²) in [4.78, 5) is 36.3. The van der Waals surface area contributed by atoms with Crippen molar-refractivity contribution in [1.82, 2.24) is 0 Å². The van der Waals surface area contributed by atoms with Crippen LogP contribution >= 0.6 is 0 Å². The van der Waals surface area contributed by atoms with Crippen LogP contribution in [0.25, 0.3) is 0 Å². The zero-order valence-electron chi connectivity index (χ0n) is 18.0. The zero-order valence-corrected chi connectivity index (χ0v) is 18.0. The highest BCUT2D eigenvalue weighted by Crippen LogP contribution is 2.21. The lowest BCUT2D eigenvalue weighted by atomic mass is 10.1. The second-order valence-corrected chi connectivity index (χ2v) is 7.09. The summed E-state index contributed by atoms with van der Waals surface area (Å²) >= 11 is 0. The molecule has 0 aliphatic heterocycles. The Bertz CT molecular complexity index is 1270. The second kappa shape index (κ2) is 10.5. The van der Waals surface area contributed by atoms with Crippen LogP contribution in [0.5, 0.6) is 0 Å². The second-order valence-electron chi connectivity index (χ2n) is 7.09. The minimum atomic E-state index is -1.20. The van der Waals surface area contributed by atoms with E-state index in [9.17, 15) is 19.5 Å². The van der Waals surface area contributed by atoms with E-state index >= 15 is 0 Å². The molecule has 0 radical (unpaired) electrons. The van der Waals surface area contributed by atoms with Gasteiger partial charge in [0.2, 0.25) is 0 Å². The highest BCUT2D eigenvalue weighted by molar-refractivity contribution is 6.04. The molecular formula is C25H22N4O4. The number of anilines is 4. The third kappa shape index (κ3) is 6.87. The SMILES string of the molecule is CC#Cc1cccc(NC(=O)Nc2cc(NC(=O)Nc3cccc(C)c3)cc(C(=O)O)c2)c1. The fraction of sp³-hybridized carbons (Fsp3) is 0.0800. The number of amides is 4. The number of hydrogen-bond donors (Lipinski definition) is 5. The molecule has 33 heavy (non-hydrogen) atoms. The van der Waals surface area contributed by atoms with Crippen molar-refractivity contribution in [2.24, 2.45) is 0 Å². The van der Waals surface area contributed by atoms with E-state index in [0.29, 0.717) is 11.4 Å². The van der Waals surface area contributed by atoms with Gasteiger partial charge in [0.25, 0.3) is 0 Å². The number of carboxylic acid groups (broad SMARTS) is 1. The Morgan fingerprint density at radius 1 is 0.727 bits per heavy atom. The minimum Gasteiger partial charge on any atom is -0.478 e. The van der Waals surface area contributed by atoms with E-state index < -0.39 is 18.0 Å². The Morgan fingerprint density at radius 2 is 1.27 bits per heavy atom. The van der Waals surface area contributed by atoms with Gasteiger partial charge >= 0.3 is 18.0 Å². The number of nitrogens with one attached hydrogen (secondary N) is 4.